The van der Waals surface area contributed by atoms with Crippen molar-refractivity contribution in [1.29, 1.82) is 0 Å². The number of hydrogen-bond donors (Lipinski definition) is 0. The van der Waals surface area contributed by atoms with Crippen LogP contribution in [0, 0.1) is 0 Å². The fourth-order valence-corrected chi connectivity index (χ4v) is 2.20. The Labute approximate surface area is 68.6 Å². The van der Waals surface area contributed by atoms with Crippen LogP contribution in [0.4, 0.5) is 0 Å². The quantitative estimate of drug-likeness (QED) is 0.538. The van der Waals surface area contributed by atoms with Crippen molar-refractivity contribution < 1.29 is 0 Å². The van der Waals surface area contributed by atoms with E-state index in [1.807, 2.05) is 0 Å². The largest absolute Gasteiger partial charge is 0.119 e. The summed E-state index contributed by atoms with van der Waals surface area (Å²) < 4.78 is 0. The van der Waals surface area contributed by atoms with Gasteiger partial charge in [-0.3, -0.25) is 0 Å². The Bertz CT molecular complexity index is 52.7. The average molecular weight is 162 g/mol. The van der Waals surface area contributed by atoms with Crippen molar-refractivity contribution in [3.05, 3.63) is 0 Å². The molecule has 2 unspecified atom stereocenters. The van der Waals surface area contributed by atoms with Gasteiger partial charge in [-0.2, -0.15) is 0 Å². The highest BCUT2D eigenvalue weighted by molar-refractivity contribution is 7.38. The summed E-state index contributed by atoms with van der Waals surface area (Å²) in [6, 6.07) is 0. The molecule has 0 rings (SSSR count). The number of rotatable bonds is 5. The van der Waals surface area contributed by atoms with E-state index in [1.165, 1.54) is 34.0 Å². The smallest absolute Gasteiger partial charge is 0.0265 e. The zero-order chi connectivity index (χ0) is 7.11. The van der Waals surface area contributed by atoms with Gasteiger partial charge in [0.2, 0.25) is 0 Å². The minimum absolute atomic E-state index is 0. The molecule has 64 valence electrons. The van der Waals surface area contributed by atoms with Gasteiger partial charge in [-0.25, -0.2) is 0 Å². The summed E-state index contributed by atoms with van der Waals surface area (Å²) in [5, 5.41) is 0. The van der Waals surface area contributed by atoms with Gasteiger partial charge in [-0.1, -0.05) is 41.0 Å². The molecule has 0 aliphatic heterocycles. The molecule has 0 amide bonds. The monoisotopic (exact) mass is 162 g/mol. The van der Waals surface area contributed by atoms with Crippen molar-refractivity contribution >= 4 is 8.58 Å². The Morgan fingerprint density at radius 1 is 1.20 bits per heavy atom. The highest BCUT2D eigenvalue weighted by Crippen LogP contribution is 2.22. The van der Waals surface area contributed by atoms with Crippen LogP contribution in [0.5, 0.6) is 0 Å². The van der Waals surface area contributed by atoms with Crippen LogP contribution in [0.25, 0.3) is 0 Å². The molecule has 0 nitrogen and oxygen atoms in total. The summed E-state index contributed by atoms with van der Waals surface area (Å²) in [4.78, 5) is 0. The maximum absolute atomic E-state index is 2.37. The number of hydrogen-bond acceptors (Lipinski definition) is 0. The lowest BCUT2D eigenvalue weighted by Gasteiger charge is -2.07. The fourth-order valence-electron chi connectivity index (χ4n) is 0.926. The predicted molar refractivity (Wildman–Crippen MR) is 54.6 cm³/mol. The van der Waals surface area contributed by atoms with Crippen LogP contribution in [0.1, 0.15) is 47.5 Å². The molecule has 0 spiro atoms. The second kappa shape index (κ2) is 9.43. The molecule has 10 heavy (non-hydrogen) atoms. The molecular formula is C9H23P. The summed E-state index contributed by atoms with van der Waals surface area (Å²) >= 11 is 0. The molecular weight excluding hydrogens is 139 g/mol. The van der Waals surface area contributed by atoms with Gasteiger partial charge in [0.25, 0.3) is 0 Å². The summed E-state index contributed by atoms with van der Waals surface area (Å²) in [6.45, 7) is 6.91. The van der Waals surface area contributed by atoms with Gasteiger partial charge in [0, 0.05) is 0 Å². The molecule has 2 atom stereocenters. The molecule has 0 radical (unpaired) electrons. The van der Waals surface area contributed by atoms with E-state index in [9.17, 15) is 0 Å². The van der Waals surface area contributed by atoms with E-state index >= 15 is 0 Å². The molecule has 0 saturated carbocycles. The third-order valence-corrected chi connectivity index (χ3v) is 3.24. The van der Waals surface area contributed by atoms with Gasteiger partial charge in [0.05, 0.1) is 0 Å². The van der Waals surface area contributed by atoms with Gasteiger partial charge in [0.1, 0.15) is 0 Å². The van der Waals surface area contributed by atoms with Crippen molar-refractivity contribution in [1.82, 2.24) is 0 Å². The molecule has 0 aromatic rings. The van der Waals surface area contributed by atoms with Crippen LogP contribution in [0.2, 0.25) is 0 Å². The van der Waals surface area contributed by atoms with Gasteiger partial charge < -0.3 is 0 Å². The lowest BCUT2D eigenvalue weighted by Crippen LogP contribution is -1.92. The summed E-state index contributed by atoms with van der Waals surface area (Å²) in [6.07, 6.45) is 5.60. The Kier molecular flexibility index (Phi) is 12.3. The lowest BCUT2D eigenvalue weighted by atomic mass is 10.3. The van der Waals surface area contributed by atoms with Crippen LogP contribution in [-0.4, -0.2) is 11.8 Å². The Hall–Kier alpha value is 0.430. The van der Waals surface area contributed by atoms with Gasteiger partial charge in [-0.05, 0) is 18.2 Å². The summed E-state index contributed by atoms with van der Waals surface area (Å²) in [5.41, 5.74) is 0.995. The molecule has 0 N–H and O–H groups in total. The first-order valence-corrected chi connectivity index (χ1v) is 5.33. The van der Waals surface area contributed by atoms with E-state index < -0.39 is 0 Å². The molecule has 0 bridgehead atoms. The van der Waals surface area contributed by atoms with E-state index in [1.54, 1.807) is 0 Å². The zero-order valence-electron chi connectivity index (χ0n) is 6.91. The maximum Gasteiger partial charge on any atom is -0.0265 e. The average Bonchev–Trinajstić information content (AvgIpc) is 1.85. The molecule has 1 heteroatoms. The minimum Gasteiger partial charge on any atom is -0.119 e. The zero-order valence-corrected chi connectivity index (χ0v) is 7.91. The standard InChI is InChI=1S/C8H19P.CH4/c1-4-6-8(3)9-7-5-2;/h8-9H,4-7H2,1-3H3;1H4. The molecule has 0 aliphatic rings. The van der Waals surface area contributed by atoms with E-state index in [0.29, 0.717) is 0 Å². The minimum atomic E-state index is 0. The van der Waals surface area contributed by atoms with Gasteiger partial charge >= 0.3 is 0 Å². The molecule has 0 aromatic heterocycles. The van der Waals surface area contributed by atoms with E-state index in [2.05, 4.69) is 20.8 Å². The Balaban J connectivity index is 0. The second-order valence-electron chi connectivity index (χ2n) is 2.64. The third kappa shape index (κ3) is 8.43. The highest BCUT2D eigenvalue weighted by atomic mass is 31.1. The second-order valence-corrected chi connectivity index (χ2v) is 4.54. The van der Waals surface area contributed by atoms with Crippen molar-refractivity contribution in [2.75, 3.05) is 6.16 Å². The van der Waals surface area contributed by atoms with Crippen LogP contribution in [0.15, 0.2) is 0 Å². The normalized spacial score (nSPS) is 13.5. The van der Waals surface area contributed by atoms with E-state index in [-0.39, 0.29) is 7.43 Å². The van der Waals surface area contributed by atoms with Crippen LogP contribution < -0.4 is 0 Å². The van der Waals surface area contributed by atoms with Crippen molar-refractivity contribution in [2.24, 2.45) is 0 Å². The molecule has 0 aromatic carbocycles. The Morgan fingerprint density at radius 3 is 2.20 bits per heavy atom. The van der Waals surface area contributed by atoms with E-state index in [0.717, 1.165) is 5.66 Å². The molecule has 0 aliphatic carbocycles. The summed E-state index contributed by atoms with van der Waals surface area (Å²) in [7, 11) is 1.21. The predicted octanol–water partition coefficient (Wildman–Crippen LogP) is 3.90. The molecule has 0 heterocycles. The topological polar surface area (TPSA) is 0 Å². The van der Waals surface area contributed by atoms with Gasteiger partial charge in [-0.15, -0.1) is 8.58 Å². The van der Waals surface area contributed by atoms with Crippen LogP contribution in [0.3, 0.4) is 0 Å². The first-order chi connectivity index (χ1) is 4.31. The first-order valence-electron chi connectivity index (χ1n) is 4.04. The Morgan fingerprint density at radius 2 is 1.80 bits per heavy atom. The van der Waals surface area contributed by atoms with Crippen LogP contribution >= 0.6 is 8.58 Å². The fraction of sp³-hybridized carbons (Fsp3) is 1.00. The van der Waals surface area contributed by atoms with Crippen LogP contribution in [-0.2, 0) is 0 Å². The third-order valence-electron chi connectivity index (χ3n) is 1.46. The molecule has 0 fully saturated rings. The van der Waals surface area contributed by atoms with E-state index in [4.69, 9.17) is 0 Å². The SMILES string of the molecule is C.CCCPC(C)CCC. The van der Waals surface area contributed by atoms with Gasteiger partial charge in [0.15, 0.2) is 0 Å². The lowest BCUT2D eigenvalue weighted by molar-refractivity contribution is 0.781. The van der Waals surface area contributed by atoms with Crippen molar-refractivity contribution in [3.8, 4) is 0 Å². The highest BCUT2D eigenvalue weighted by Gasteiger charge is 1.96. The first kappa shape index (κ1) is 13.1. The molecule has 0 saturated heterocycles. The van der Waals surface area contributed by atoms with Crippen molar-refractivity contribution in [3.63, 3.8) is 0 Å². The van der Waals surface area contributed by atoms with Crippen molar-refractivity contribution in [2.45, 2.75) is 53.1 Å². The maximum atomic E-state index is 2.37. The summed E-state index contributed by atoms with van der Waals surface area (Å²) in [5.74, 6) is 0.